The second-order valence-electron chi connectivity index (χ2n) is 8.95. The molecule has 1 heterocycles. The van der Waals surface area contributed by atoms with Crippen LogP contribution in [0.5, 0.6) is 0 Å². The number of carbonyl (C=O) groups is 2. The summed E-state index contributed by atoms with van der Waals surface area (Å²) in [6.45, 7) is 0.514. The van der Waals surface area contributed by atoms with Gasteiger partial charge in [0.15, 0.2) is 0 Å². The van der Waals surface area contributed by atoms with Crippen molar-refractivity contribution in [3.8, 4) is 0 Å². The van der Waals surface area contributed by atoms with E-state index >= 15 is 0 Å². The molecule has 1 saturated heterocycles. The molecule has 2 N–H and O–H groups in total. The molecule has 3 amide bonds. The van der Waals surface area contributed by atoms with Gasteiger partial charge in [-0.15, -0.1) is 0 Å². The molecular weight excluding hydrogens is 405 g/mol. The van der Waals surface area contributed by atoms with Crippen molar-refractivity contribution in [1.82, 2.24) is 15.5 Å². The average Bonchev–Trinajstić information content (AvgIpc) is 2.84. The highest BCUT2D eigenvalue weighted by Gasteiger charge is 2.36. The fraction of sp³-hybridized carbons (Fsp3) is 0.462. The van der Waals surface area contributed by atoms with Crippen molar-refractivity contribution in [2.24, 2.45) is 5.92 Å². The summed E-state index contributed by atoms with van der Waals surface area (Å²) in [5, 5.41) is 6.09. The van der Waals surface area contributed by atoms with Crippen molar-refractivity contribution < 1.29 is 14.0 Å². The molecule has 2 fully saturated rings. The Hall–Kier alpha value is -2.89. The Bertz CT molecular complexity index is 914. The van der Waals surface area contributed by atoms with Crippen molar-refractivity contribution in [2.45, 2.75) is 63.6 Å². The molecule has 1 aliphatic heterocycles. The second-order valence-corrected chi connectivity index (χ2v) is 8.95. The Kier molecular flexibility index (Phi) is 7.40. The van der Waals surface area contributed by atoms with Crippen LogP contribution in [0.25, 0.3) is 0 Å². The van der Waals surface area contributed by atoms with Crippen molar-refractivity contribution in [2.75, 3.05) is 6.54 Å². The molecule has 0 spiro atoms. The number of rotatable bonds is 5. The molecule has 2 atom stereocenters. The highest BCUT2D eigenvalue weighted by Crippen LogP contribution is 2.34. The van der Waals surface area contributed by atoms with E-state index in [-0.39, 0.29) is 42.3 Å². The predicted octanol–water partition coefficient (Wildman–Crippen LogP) is 4.94. The lowest BCUT2D eigenvalue weighted by molar-refractivity contribution is -0.127. The molecule has 1 aliphatic carbocycles. The minimum atomic E-state index is -0.325. The van der Waals surface area contributed by atoms with E-state index in [9.17, 15) is 14.0 Å². The highest BCUT2D eigenvalue weighted by atomic mass is 19.1. The first kappa shape index (κ1) is 22.3. The Labute approximate surface area is 189 Å². The number of piperidine rings is 1. The largest absolute Gasteiger partial charge is 0.352 e. The molecule has 0 aromatic heterocycles. The number of hydrogen-bond donors (Lipinski definition) is 2. The molecule has 0 radical (unpaired) electrons. The highest BCUT2D eigenvalue weighted by molar-refractivity contribution is 5.81. The van der Waals surface area contributed by atoms with Crippen LogP contribution in [0.1, 0.15) is 62.1 Å². The summed E-state index contributed by atoms with van der Waals surface area (Å²) >= 11 is 0. The van der Waals surface area contributed by atoms with E-state index in [0.717, 1.165) is 37.7 Å². The fourth-order valence-electron chi connectivity index (χ4n) is 4.90. The van der Waals surface area contributed by atoms with Crippen LogP contribution in [-0.4, -0.2) is 29.4 Å². The van der Waals surface area contributed by atoms with Crippen molar-refractivity contribution in [3.05, 3.63) is 71.5 Å². The van der Waals surface area contributed by atoms with Gasteiger partial charge in [-0.2, -0.15) is 0 Å². The number of amides is 3. The minimum absolute atomic E-state index is 0.0459. The Morgan fingerprint density at radius 3 is 2.38 bits per heavy atom. The average molecular weight is 438 g/mol. The molecule has 1 saturated carbocycles. The van der Waals surface area contributed by atoms with Crippen LogP contribution < -0.4 is 10.6 Å². The van der Waals surface area contributed by atoms with Gasteiger partial charge in [0.2, 0.25) is 5.91 Å². The summed E-state index contributed by atoms with van der Waals surface area (Å²) < 4.78 is 13.9. The summed E-state index contributed by atoms with van der Waals surface area (Å²) in [5.41, 5.74) is 1.56. The number of hydrogen-bond acceptors (Lipinski definition) is 2. The zero-order chi connectivity index (χ0) is 22.3. The molecule has 32 heavy (non-hydrogen) atoms. The maximum absolute atomic E-state index is 13.9. The molecule has 5 nitrogen and oxygen atoms in total. The molecular formula is C26H32FN3O2. The summed E-state index contributed by atoms with van der Waals surface area (Å²) in [6, 6.07) is 16.6. The van der Waals surface area contributed by atoms with E-state index in [0.29, 0.717) is 18.5 Å². The molecule has 0 unspecified atom stereocenters. The van der Waals surface area contributed by atoms with Gasteiger partial charge >= 0.3 is 6.03 Å². The molecule has 2 aromatic carbocycles. The van der Waals surface area contributed by atoms with Crippen LogP contribution in [0.2, 0.25) is 0 Å². The zero-order valence-corrected chi connectivity index (χ0v) is 18.4. The topological polar surface area (TPSA) is 61.4 Å². The summed E-state index contributed by atoms with van der Waals surface area (Å²) in [4.78, 5) is 28.0. The van der Waals surface area contributed by atoms with E-state index in [4.69, 9.17) is 0 Å². The molecule has 170 valence electrons. The van der Waals surface area contributed by atoms with Gasteiger partial charge in [-0.05, 0) is 37.3 Å². The maximum atomic E-state index is 13.9. The number of benzene rings is 2. The summed E-state index contributed by atoms with van der Waals surface area (Å²) in [7, 11) is 0. The lowest BCUT2D eigenvalue weighted by Crippen LogP contribution is -2.52. The standard InChI is InChI=1S/C26H32FN3O2/c27-23-14-8-7-11-20(23)17-28-25(31)21-15-16-24(19-9-3-1-4-10-19)30(18-21)26(32)29-22-12-5-2-6-13-22/h1,3-4,7-11,14,21-22,24H,2,5-6,12-13,15-18H2,(H,28,31)(H,29,32)/t21-,24+/m1/s1. The van der Waals surface area contributed by atoms with Crippen LogP contribution in [0.3, 0.4) is 0 Å². The monoisotopic (exact) mass is 437 g/mol. The maximum Gasteiger partial charge on any atom is 0.318 e. The number of urea groups is 1. The van der Waals surface area contributed by atoms with Gasteiger partial charge in [-0.1, -0.05) is 67.8 Å². The lowest BCUT2D eigenvalue weighted by Gasteiger charge is -2.40. The first-order valence-electron chi connectivity index (χ1n) is 11.7. The third-order valence-corrected chi connectivity index (χ3v) is 6.74. The fourth-order valence-corrected chi connectivity index (χ4v) is 4.90. The molecule has 0 bridgehead atoms. The smallest absolute Gasteiger partial charge is 0.318 e. The van der Waals surface area contributed by atoms with Gasteiger partial charge < -0.3 is 15.5 Å². The summed E-state index contributed by atoms with van der Waals surface area (Å²) in [5.74, 6) is -0.761. The number of likely N-dealkylation sites (tertiary alicyclic amines) is 1. The predicted molar refractivity (Wildman–Crippen MR) is 122 cm³/mol. The number of halogens is 1. The molecule has 6 heteroatoms. The van der Waals surface area contributed by atoms with Crippen molar-refractivity contribution in [3.63, 3.8) is 0 Å². The van der Waals surface area contributed by atoms with Gasteiger partial charge in [-0.25, -0.2) is 9.18 Å². The third-order valence-electron chi connectivity index (χ3n) is 6.74. The first-order valence-corrected chi connectivity index (χ1v) is 11.7. The molecule has 4 rings (SSSR count). The van der Waals surface area contributed by atoms with Crippen LogP contribution in [0.15, 0.2) is 54.6 Å². The molecule has 2 aliphatic rings. The number of nitrogens with zero attached hydrogens (tertiary/aromatic N) is 1. The summed E-state index contributed by atoms with van der Waals surface area (Å²) in [6.07, 6.45) is 6.97. The van der Waals surface area contributed by atoms with Crippen LogP contribution in [-0.2, 0) is 11.3 Å². The van der Waals surface area contributed by atoms with E-state index in [1.807, 2.05) is 35.2 Å². The van der Waals surface area contributed by atoms with Crippen LogP contribution >= 0.6 is 0 Å². The van der Waals surface area contributed by atoms with Crippen molar-refractivity contribution >= 4 is 11.9 Å². The van der Waals surface area contributed by atoms with Gasteiger partial charge in [0.25, 0.3) is 0 Å². The lowest BCUT2D eigenvalue weighted by atomic mass is 9.88. The van der Waals surface area contributed by atoms with Crippen LogP contribution in [0.4, 0.5) is 9.18 Å². The number of nitrogens with one attached hydrogen (secondary N) is 2. The van der Waals surface area contributed by atoms with Gasteiger partial charge in [0.05, 0.1) is 12.0 Å². The Morgan fingerprint density at radius 2 is 1.62 bits per heavy atom. The minimum Gasteiger partial charge on any atom is -0.352 e. The Morgan fingerprint density at radius 1 is 0.906 bits per heavy atom. The first-order chi connectivity index (χ1) is 15.6. The van der Waals surface area contributed by atoms with Gasteiger partial charge in [0.1, 0.15) is 5.82 Å². The zero-order valence-electron chi connectivity index (χ0n) is 18.4. The van der Waals surface area contributed by atoms with E-state index < -0.39 is 0 Å². The van der Waals surface area contributed by atoms with Gasteiger partial charge in [0, 0.05) is 24.7 Å². The van der Waals surface area contributed by atoms with Crippen molar-refractivity contribution in [1.29, 1.82) is 0 Å². The van der Waals surface area contributed by atoms with E-state index in [2.05, 4.69) is 10.6 Å². The number of carbonyl (C=O) groups excluding carboxylic acids is 2. The normalized spacial score (nSPS) is 21.7. The second kappa shape index (κ2) is 10.6. The molecule has 2 aromatic rings. The Balaban J connectivity index is 1.44. The third kappa shape index (κ3) is 5.47. The van der Waals surface area contributed by atoms with E-state index in [1.54, 1.807) is 18.2 Å². The van der Waals surface area contributed by atoms with Gasteiger partial charge in [-0.3, -0.25) is 4.79 Å². The van der Waals surface area contributed by atoms with Crippen LogP contribution in [0, 0.1) is 11.7 Å². The SMILES string of the molecule is O=C(NCc1ccccc1F)[C@@H]1CC[C@@H](c2ccccc2)N(C(=O)NC2CCCCC2)C1. The van der Waals surface area contributed by atoms with E-state index in [1.165, 1.54) is 12.5 Å². The quantitative estimate of drug-likeness (QED) is 0.696.